The lowest BCUT2D eigenvalue weighted by Gasteiger charge is -2.20. The third-order valence-corrected chi connectivity index (χ3v) is 5.25. The summed E-state index contributed by atoms with van der Waals surface area (Å²) in [6, 6.07) is 18.4. The number of benzene rings is 2. The molecule has 2 aromatic carbocycles. The van der Waals surface area contributed by atoms with Crippen molar-refractivity contribution >= 4 is 18.0 Å². The summed E-state index contributed by atoms with van der Waals surface area (Å²) in [5, 5.41) is 24.8. The average Bonchev–Trinajstić information content (AvgIpc) is 3.29. The topological polar surface area (TPSA) is 122 Å². The van der Waals surface area contributed by atoms with E-state index in [-0.39, 0.29) is 12.1 Å². The molecular formula is C24H25N3O5. The van der Waals surface area contributed by atoms with Crippen molar-refractivity contribution in [1.29, 1.82) is 0 Å². The molecule has 0 aliphatic heterocycles. The maximum atomic E-state index is 12.5. The van der Waals surface area contributed by atoms with Crippen LogP contribution in [0.15, 0.2) is 66.9 Å². The van der Waals surface area contributed by atoms with Gasteiger partial charge < -0.3 is 15.5 Å². The second-order valence-corrected chi connectivity index (χ2v) is 7.67. The van der Waals surface area contributed by atoms with Gasteiger partial charge in [-0.25, -0.2) is 9.59 Å². The monoisotopic (exact) mass is 435 g/mol. The molecule has 0 aliphatic carbocycles. The minimum atomic E-state index is -1.23. The van der Waals surface area contributed by atoms with Crippen LogP contribution in [0.5, 0.6) is 0 Å². The fraction of sp³-hybridized carbons (Fsp3) is 0.250. The first-order valence-corrected chi connectivity index (χ1v) is 10.3. The SMILES string of the molecule is C[C@H](C[C@@H](CCc1ccc(-c2ccccc2)cc1)NC(=O)n1ccc(C(=O)O)n1)C(=O)O. The van der Waals surface area contributed by atoms with Crippen molar-refractivity contribution in [2.75, 3.05) is 0 Å². The molecule has 1 heterocycles. The number of hydrogen-bond donors (Lipinski definition) is 3. The van der Waals surface area contributed by atoms with Crippen LogP contribution >= 0.6 is 0 Å². The minimum absolute atomic E-state index is 0.242. The fourth-order valence-corrected chi connectivity index (χ4v) is 3.40. The Morgan fingerprint density at radius 2 is 1.62 bits per heavy atom. The number of carbonyl (C=O) groups excluding carboxylic acids is 1. The average molecular weight is 435 g/mol. The zero-order chi connectivity index (χ0) is 23.1. The molecule has 8 heteroatoms. The van der Waals surface area contributed by atoms with Crippen LogP contribution in [-0.2, 0) is 11.2 Å². The third kappa shape index (κ3) is 6.04. The van der Waals surface area contributed by atoms with Crippen LogP contribution in [-0.4, -0.2) is 44.0 Å². The quantitative estimate of drug-likeness (QED) is 0.468. The standard InChI is InChI=1S/C24H25N3O5/c1-16(22(28)29)15-20(25-24(32)27-14-13-21(26-27)23(30)31)12-9-17-7-10-19(11-8-17)18-5-3-2-4-6-18/h2-8,10-11,13-14,16,20H,9,12,15H2,1H3,(H,25,32)(H,28,29)(H,30,31)/t16-,20-/m1/s1. The molecule has 1 aromatic heterocycles. The third-order valence-electron chi connectivity index (χ3n) is 5.25. The van der Waals surface area contributed by atoms with E-state index in [9.17, 15) is 19.5 Å². The lowest BCUT2D eigenvalue weighted by Crippen LogP contribution is -2.40. The summed E-state index contributed by atoms with van der Waals surface area (Å²) in [7, 11) is 0. The number of nitrogens with one attached hydrogen (secondary N) is 1. The number of rotatable bonds is 9. The lowest BCUT2D eigenvalue weighted by atomic mass is 9.95. The number of carboxylic acids is 2. The van der Waals surface area contributed by atoms with E-state index in [4.69, 9.17) is 5.11 Å². The zero-order valence-electron chi connectivity index (χ0n) is 17.6. The summed E-state index contributed by atoms with van der Waals surface area (Å²) in [5.41, 5.74) is 3.05. The maximum absolute atomic E-state index is 12.5. The van der Waals surface area contributed by atoms with Crippen LogP contribution < -0.4 is 5.32 Å². The van der Waals surface area contributed by atoms with Crippen molar-refractivity contribution in [3.63, 3.8) is 0 Å². The van der Waals surface area contributed by atoms with Gasteiger partial charge in [-0.15, -0.1) is 0 Å². The first kappa shape index (κ1) is 22.7. The van der Waals surface area contributed by atoms with E-state index < -0.39 is 29.9 Å². The van der Waals surface area contributed by atoms with Crippen molar-refractivity contribution in [2.45, 2.75) is 32.2 Å². The van der Waals surface area contributed by atoms with Gasteiger partial charge >= 0.3 is 18.0 Å². The molecule has 0 unspecified atom stereocenters. The molecule has 3 rings (SSSR count). The molecule has 0 bridgehead atoms. The molecule has 0 saturated carbocycles. The number of aromatic nitrogens is 2. The van der Waals surface area contributed by atoms with Gasteiger partial charge in [0.25, 0.3) is 0 Å². The van der Waals surface area contributed by atoms with Crippen molar-refractivity contribution in [3.8, 4) is 11.1 Å². The van der Waals surface area contributed by atoms with Gasteiger partial charge in [0.15, 0.2) is 5.69 Å². The lowest BCUT2D eigenvalue weighted by molar-refractivity contribution is -0.141. The number of aryl methyl sites for hydroxylation is 1. The largest absolute Gasteiger partial charge is 0.481 e. The predicted octanol–water partition coefficient (Wildman–Crippen LogP) is 3.92. The summed E-state index contributed by atoms with van der Waals surface area (Å²) in [4.78, 5) is 34.8. The summed E-state index contributed by atoms with van der Waals surface area (Å²) in [5.74, 6) is -2.82. The van der Waals surface area contributed by atoms with Crippen LogP contribution in [0.2, 0.25) is 0 Å². The van der Waals surface area contributed by atoms with Gasteiger partial charge in [-0.1, -0.05) is 61.5 Å². The fourth-order valence-electron chi connectivity index (χ4n) is 3.40. The smallest absolute Gasteiger partial charge is 0.356 e. The highest BCUT2D eigenvalue weighted by Gasteiger charge is 2.21. The molecule has 3 aromatic rings. The van der Waals surface area contributed by atoms with Gasteiger partial charge in [0.2, 0.25) is 0 Å². The first-order chi connectivity index (χ1) is 15.3. The predicted molar refractivity (Wildman–Crippen MR) is 119 cm³/mol. The molecule has 2 atom stereocenters. The van der Waals surface area contributed by atoms with Gasteiger partial charge in [-0.05, 0) is 42.0 Å². The molecule has 0 saturated heterocycles. The molecule has 0 aliphatic rings. The van der Waals surface area contributed by atoms with E-state index >= 15 is 0 Å². The number of amides is 1. The second-order valence-electron chi connectivity index (χ2n) is 7.67. The van der Waals surface area contributed by atoms with Crippen LogP contribution in [0.3, 0.4) is 0 Å². The van der Waals surface area contributed by atoms with E-state index in [1.807, 2.05) is 54.6 Å². The molecule has 8 nitrogen and oxygen atoms in total. The number of aromatic carboxylic acids is 1. The highest BCUT2D eigenvalue weighted by Crippen LogP contribution is 2.20. The van der Waals surface area contributed by atoms with Gasteiger partial charge in [-0.2, -0.15) is 9.78 Å². The van der Waals surface area contributed by atoms with E-state index in [1.165, 1.54) is 12.3 Å². The van der Waals surface area contributed by atoms with Gasteiger partial charge in [0.05, 0.1) is 5.92 Å². The molecule has 32 heavy (non-hydrogen) atoms. The molecule has 0 radical (unpaired) electrons. The molecule has 1 amide bonds. The Kier molecular flexibility index (Phi) is 7.38. The second kappa shape index (κ2) is 10.4. The van der Waals surface area contributed by atoms with E-state index in [0.717, 1.165) is 21.4 Å². The Labute approximate surface area is 185 Å². The van der Waals surface area contributed by atoms with Crippen molar-refractivity contribution in [1.82, 2.24) is 15.1 Å². The van der Waals surface area contributed by atoms with Crippen molar-refractivity contribution < 1.29 is 24.6 Å². The zero-order valence-corrected chi connectivity index (χ0v) is 17.6. The van der Waals surface area contributed by atoms with E-state index in [0.29, 0.717) is 12.8 Å². The summed E-state index contributed by atoms with van der Waals surface area (Å²) in [6.45, 7) is 1.59. The molecule has 166 valence electrons. The van der Waals surface area contributed by atoms with E-state index in [1.54, 1.807) is 6.92 Å². The number of carbonyl (C=O) groups is 3. The number of nitrogens with zero attached hydrogens (tertiary/aromatic N) is 2. The molecular weight excluding hydrogens is 410 g/mol. The first-order valence-electron chi connectivity index (χ1n) is 10.3. The Hall–Kier alpha value is -3.94. The van der Waals surface area contributed by atoms with Crippen LogP contribution in [0.4, 0.5) is 4.79 Å². The van der Waals surface area contributed by atoms with Gasteiger partial charge in [0, 0.05) is 12.2 Å². The highest BCUT2D eigenvalue weighted by atomic mass is 16.4. The maximum Gasteiger partial charge on any atom is 0.356 e. The summed E-state index contributed by atoms with van der Waals surface area (Å²) >= 11 is 0. The van der Waals surface area contributed by atoms with Crippen LogP contribution in [0.1, 0.15) is 35.8 Å². The number of carboxylic acid groups (broad SMARTS) is 2. The van der Waals surface area contributed by atoms with Crippen LogP contribution in [0, 0.1) is 5.92 Å². The Morgan fingerprint density at radius 1 is 0.969 bits per heavy atom. The molecule has 3 N–H and O–H groups in total. The summed E-state index contributed by atoms with van der Waals surface area (Å²) in [6.07, 6.45) is 2.68. The van der Waals surface area contributed by atoms with Crippen molar-refractivity contribution in [2.24, 2.45) is 5.92 Å². The van der Waals surface area contributed by atoms with Crippen LogP contribution in [0.25, 0.3) is 11.1 Å². The Balaban J connectivity index is 1.66. The molecule has 0 spiro atoms. The number of hydrogen-bond acceptors (Lipinski definition) is 4. The Bertz CT molecular complexity index is 1080. The minimum Gasteiger partial charge on any atom is -0.481 e. The number of aliphatic carboxylic acids is 1. The normalized spacial score (nSPS) is 12.7. The van der Waals surface area contributed by atoms with Gasteiger partial charge in [0.1, 0.15) is 0 Å². The highest BCUT2D eigenvalue weighted by molar-refractivity contribution is 5.86. The molecule has 0 fully saturated rings. The summed E-state index contributed by atoms with van der Waals surface area (Å²) < 4.78 is 0.913. The Morgan fingerprint density at radius 3 is 2.22 bits per heavy atom. The van der Waals surface area contributed by atoms with Gasteiger partial charge in [-0.3, -0.25) is 4.79 Å². The van der Waals surface area contributed by atoms with Crippen molar-refractivity contribution in [3.05, 3.63) is 78.1 Å². The van der Waals surface area contributed by atoms with E-state index in [2.05, 4.69) is 10.4 Å².